The van der Waals surface area contributed by atoms with Crippen LogP contribution in [0.5, 0.6) is 0 Å². The van der Waals surface area contributed by atoms with E-state index in [0.717, 1.165) is 32.3 Å². The van der Waals surface area contributed by atoms with Crippen LogP contribution in [0.15, 0.2) is 182 Å². The highest BCUT2D eigenvalue weighted by atomic mass is 28.4. The molecule has 3 heteroatoms. The molecule has 0 aromatic heterocycles. The SMILES string of the molecule is c1ccc(C(OO[Si](c2ccccc2)(c2ccccc2)c2ccccc2)(c2ccccc2)c2ccccc2)cc1. The van der Waals surface area contributed by atoms with Gasteiger partial charge in [0, 0.05) is 0 Å². The van der Waals surface area contributed by atoms with Gasteiger partial charge in [0.05, 0.1) is 0 Å². The molecule has 0 spiro atoms. The van der Waals surface area contributed by atoms with Crippen LogP contribution in [0.4, 0.5) is 0 Å². The highest BCUT2D eigenvalue weighted by Gasteiger charge is 2.48. The maximum Gasteiger partial charge on any atom is 0.331 e. The molecule has 6 rings (SSSR count). The Bertz CT molecular complexity index is 1290. The summed E-state index contributed by atoms with van der Waals surface area (Å²) in [5, 5.41) is 3.32. The van der Waals surface area contributed by atoms with E-state index in [1.54, 1.807) is 0 Å². The molecule has 6 aromatic rings. The Hall–Kier alpha value is -4.54. The van der Waals surface area contributed by atoms with Crippen molar-refractivity contribution in [1.29, 1.82) is 0 Å². The van der Waals surface area contributed by atoms with Gasteiger partial charge in [0.25, 0.3) is 0 Å². The zero-order valence-corrected chi connectivity index (χ0v) is 23.1. The Balaban J connectivity index is 1.62. The molecule has 0 aliphatic rings. The van der Waals surface area contributed by atoms with E-state index >= 15 is 0 Å². The Morgan fingerprint density at radius 1 is 0.325 bits per heavy atom. The van der Waals surface area contributed by atoms with Gasteiger partial charge in [-0.15, -0.1) is 0 Å². The Morgan fingerprint density at radius 2 is 0.575 bits per heavy atom. The lowest BCUT2D eigenvalue weighted by molar-refractivity contribution is -0.276. The van der Waals surface area contributed by atoms with Crippen LogP contribution in [0.25, 0.3) is 0 Å². The van der Waals surface area contributed by atoms with Crippen molar-refractivity contribution in [3.63, 3.8) is 0 Å². The second-order valence-corrected chi connectivity index (χ2v) is 13.0. The molecule has 0 unspecified atom stereocenters. The van der Waals surface area contributed by atoms with Crippen molar-refractivity contribution >= 4 is 23.9 Å². The highest BCUT2D eigenvalue weighted by molar-refractivity contribution is 7.07. The first kappa shape index (κ1) is 25.7. The maximum absolute atomic E-state index is 7.16. The molecule has 0 N–H and O–H groups in total. The summed E-state index contributed by atoms with van der Waals surface area (Å²) in [6, 6.07) is 62.6. The van der Waals surface area contributed by atoms with Gasteiger partial charge < -0.3 is 0 Å². The van der Waals surface area contributed by atoms with Crippen LogP contribution in [0.1, 0.15) is 16.7 Å². The first-order valence-corrected chi connectivity index (χ1v) is 15.4. The van der Waals surface area contributed by atoms with Crippen LogP contribution < -0.4 is 15.6 Å². The number of benzene rings is 6. The third kappa shape index (κ3) is 4.72. The average molecular weight is 535 g/mol. The van der Waals surface area contributed by atoms with E-state index in [1.807, 2.05) is 36.4 Å². The second-order valence-electron chi connectivity index (χ2n) is 9.73. The molecule has 0 aliphatic heterocycles. The lowest BCUT2D eigenvalue weighted by Gasteiger charge is -2.39. The standard InChI is InChI=1S/C37H30O2Si/c1-7-19-31(20-8-1)37(32-21-9-2-10-22-32,33-23-11-3-12-24-33)38-39-40(34-25-13-4-14-26-34,35-27-15-5-16-28-35)36-29-17-6-18-30-36/h1-30H. The van der Waals surface area contributed by atoms with Crippen molar-refractivity contribution < 1.29 is 9.46 Å². The van der Waals surface area contributed by atoms with Gasteiger partial charge in [-0.05, 0) is 32.3 Å². The smallest absolute Gasteiger partial charge is 0.268 e. The summed E-state index contributed by atoms with van der Waals surface area (Å²) in [7, 11) is -3.15. The molecule has 0 atom stereocenters. The van der Waals surface area contributed by atoms with E-state index in [9.17, 15) is 0 Å². The third-order valence-electron chi connectivity index (χ3n) is 7.37. The summed E-state index contributed by atoms with van der Waals surface area (Å²) >= 11 is 0. The zero-order chi connectivity index (χ0) is 27.1. The zero-order valence-electron chi connectivity index (χ0n) is 22.1. The van der Waals surface area contributed by atoms with Crippen molar-refractivity contribution in [3.8, 4) is 0 Å². The Labute approximate surface area is 237 Å². The molecule has 0 saturated carbocycles. The summed E-state index contributed by atoms with van der Waals surface area (Å²) in [6.45, 7) is 0. The van der Waals surface area contributed by atoms with E-state index in [4.69, 9.17) is 9.46 Å². The lowest BCUT2D eigenvalue weighted by atomic mass is 9.80. The summed E-state index contributed by atoms with van der Waals surface area (Å²) in [5.41, 5.74) is 1.96. The minimum absolute atomic E-state index is 0.990. The minimum Gasteiger partial charge on any atom is -0.268 e. The van der Waals surface area contributed by atoms with Gasteiger partial charge in [0.15, 0.2) is 5.60 Å². The average Bonchev–Trinajstić information content (AvgIpc) is 3.06. The normalized spacial score (nSPS) is 11.7. The molecule has 0 fully saturated rings. The Morgan fingerprint density at radius 3 is 0.850 bits per heavy atom. The topological polar surface area (TPSA) is 18.5 Å². The van der Waals surface area contributed by atoms with E-state index in [2.05, 4.69) is 146 Å². The predicted molar refractivity (Wildman–Crippen MR) is 165 cm³/mol. The molecule has 194 valence electrons. The van der Waals surface area contributed by atoms with Gasteiger partial charge in [-0.25, -0.2) is 4.89 Å². The van der Waals surface area contributed by atoms with Gasteiger partial charge in [-0.2, -0.15) is 0 Å². The molecule has 0 aliphatic carbocycles. The van der Waals surface area contributed by atoms with Gasteiger partial charge in [-0.3, -0.25) is 4.58 Å². The second kappa shape index (κ2) is 11.7. The van der Waals surface area contributed by atoms with Crippen LogP contribution in [0.2, 0.25) is 0 Å². The molecule has 0 amide bonds. The van der Waals surface area contributed by atoms with Crippen molar-refractivity contribution in [2.45, 2.75) is 5.60 Å². The molecule has 2 nitrogen and oxygen atoms in total. The summed E-state index contributed by atoms with van der Waals surface area (Å²) in [5.74, 6) is 0. The molecule has 6 aromatic carbocycles. The molecular formula is C37H30O2Si. The van der Waals surface area contributed by atoms with Crippen LogP contribution >= 0.6 is 0 Å². The molecule has 0 bridgehead atoms. The van der Waals surface area contributed by atoms with Gasteiger partial charge in [0.2, 0.25) is 0 Å². The number of rotatable bonds is 9. The maximum atomic E-state index is 7.16. The predicted octanol–water partition coefficient (Wildman–Crippen LogP) is 6.59. The minimum atomic E-state index is -3.15. The summed E-state index contributed by atoms with van der Waals surface area (Å²) in [6.07, 6.45) is 0. The van der Waals surface area contributed by atoms with Gasteiger partial charge in [-0.1, -0.05) is 182 Å². The fraction of sp³-hybridized carbons (Fsp3) is 0.0270. The van der Waals surface area contributed by atoms with E-state index in [0.29, 0.717) is 0 Å². The van der Waals surface area contributed by atoms with Crippen molar-refractivity contribution in [3.05, 3.63) is 199 Å². The molecule has 0 heterocycles. The first-order chi connectivity index (χ1) is 19.8. The van der Waals surface area contributed by atoms with Gasteiger partial charge in [0.1, 0.15) is 0 Å². The molecular weight excluding hydrogens is 504 g/mol. The largest absolute Gasteiger partial charge is 0.331 e. The quantitative estimate of drug-likeness (QED) is 0.0901. The van der Waals surface area contributed by atoms with Crippen molar-refractivity contribution in [1.82, 2.24) is 0 Å². The van der Waals surface area contributed by atoms with Crippen molar-refractivity contribution in [2.75, 3.05) is 0 Å². The number of hydrogen-bond acceptors (Lipinski definition) is 2. The summed E-state index contributed by atoms with van der Waals surface area (Å²) in [4.78, 5) is 7.08. The molecule has 40 heavy (non-hydrogen) atoms. The molecule has 0 radical (unpaired) electrons. The van der Waals surface area contributed by atoms with E-state index in [1.165, 1.54) is 0 Å². The van der Waals surface area contributed by atoms with E-state index < -0.39 is 13.9 Å². The fourth-order valence-electron chi connectivity index (χ4n) is 5.45. The van der Waals surface area contributed by atoms with Gasteiger partial charge >= 0.3 is 8.32 Å². The first-order valence-electron chi connectivity index (χ1n) is 13.5. The van der Waals surface area contributed by atoms with Crippen LogP contribution in [0.3, 0.4) is 0 Å². The highest BCUT2D eigenvalue weighted by Crippen LogP contribution is 2.41. The monoisotopic (exact) mass is 534 g/mol. The molecule has 0 saturated heterocycles. The van der Waals surface area contributed by atoms with Crippen LogP contribution in [-0.2, 0) is 15.1 Å². The fourth-order valence-corrected chi connectivity index (χ4v) is 8.98. The lowest BCUT2D eigenvalue weighted by Crippen LogP contribution is -2.69. The third-order valence-corrected chi connectivity index (χ3v) is 11.1. The van der Waals surface area contributed by atoms with Crippen LogP contribution in [0, 0.1) is 0 Å². The Kier molecular flexibility index (Phi) is 7.51. The number of hydrogen-bond donors (Lipinski definition) is 0. The van der Waals surface area contributed by atoms with Crippen LogP contribution in [-0.4, -0.2) is 8.32 Å². The van der Waals surface area contributed by atoms with Crippen molar-refractivity contribution in [2.24, 2.45) is 0 Å². The summed E-state index contributed by atoms with van der Waals surface area (Å²) < 4.78 is 7.16. The van der Waals surface area contributed by atoms with E-state index in [-0.39, 0.29) is 0 Å².